The fourth-order valence-corrected chi connectivity index (χ4v) is 1.91. The summed E-state index contributed by atoms with van der Waals surface area (Å²) < 4.78 is 10.4. The Balaban J connectivity index is 2.51. The van der Waals surface area contributed by atoms with Crippen LogP contribution in [0.1, 0.15) is 26.7 Å². The molecule has 0 unspecified atom stereocenters. The molecule has 0 aromatic heterocycles. The minimum atomic E-state index is -0.412. The molecule has 1 rings (SSSR count). The van der Waals surface area contributed by atoms with E-state index in [9.17, 15) is 9.59 Å². The van der Waals surface area contributed by atoms with Crippen LogP contribution in [0.15, 0.2) is 36.4 Å². The second kappa shape index (κ2) is 10.4. The number of ether oxygens (including phenoxy) is 2. The number of carbonyl (C=O) groups excluding carboxylic acids is 2. The molecule has 0 saturated heterocycles. The summed E-state index contributed by atoms with van der Waals surface area (Å²) in [7, 11) is 0. The third kappa shape index (κ3) is 7.73. The molecule has 6 nitrogen and oxygen atoms in total. The average Bonchev–Trinajstić information content (AvgIpc) is 2.52. The number of esters is 1. The number of hydrogen-bond donors (Lipinski definition) is 2. The Labute approximate surface area is 147 Å². The van der Waals surface area contributed by atoms with E-state index in [0.29, 0.717) is 24.7 Å². The molecule has 0 aliphatic heterocycles. The maximum atomic E-state index is 11.8. The lowest BCUT2D eigenvalue weighted by Gasteiger charge is -2.14. The maximum Gasteiger partial charge on any atom is 0.306 e. The molecule has 1 aromatic carbocycles. The summed E-state index contributed by atoms with van der Waals surface area (Å²) in [5.41, 5.74) is 1.52. The molecular weight excluding hydrogens is 328 g/mol. The van der Waals surface area contributed by atoms with Crippen molar-refractivity contribution in [3.05, 3.63) is 36.4 Å². The van der Waals surface area contributed by atoms with Gasteiger partial charge in [0.15, 0.2) is 5.11 Å². The SMILES string of the molecule is C=C(C)COc1ccccc1NC(=S)NC(=O)CCC(=O)OCC. The van der Waals surface area contributed by atoms with Crippen molar-refractivity contribution in [2.45, 2.75) is 26.7 Å². The molecule has 0 aliphatic carbocycles. The van der Waals surface area contributed by atoms with Gasteiger partial charge in [-0.05, 0) is 43.8 Å². The van der Waals surface area contributed by atoms with Crippen LogP contribution in [0.2, 0.25) is 0 Å². The molecular formula is C17H22N2O4S. The third-order valence-electron chi connectivity index (χ3n) is 2.72. The second-order valence-corrected chi connectivity index (χ2v) is 5.46. The van der Waals surface area contributed by atoms with E-state index in [1.165, 1.54) is 0 Å². The number of hydrogen-bond acceptors (Lipinski definition) is 5. The van der Waals surface area contributed by atoms with Gasteiger partial charge < -0.3 is 20.1 Å². The molecule has 0 radical (unpaired) electrons. The molecule has 1 aromatic rings. The summed E-state index contributed by atoms with van der Waals surface area (Å²) in [6, 6.07) is 7.22. The summed E-state index contributed by atoms with van der Waals surface area (Å²) in [4.78, 5) is 23.0. The van der Waals surface area contributed by atoms with Gasteiger partial charge in [-0.15, -0.1) is 0 Å². The van der Waals surface area contributed by atoms with Crippen LogP contribution in [-0.4, -0.2) is 30.2 Å². The number of benzene rings is 1. The van der Waals surface area contributed by atoms with Crippen molar-refractivity contribution in [2.75, 3.05) is 18.5 Å². The van der Waals surface area contributed by atoms with Crippen LogP contribution in [0.3, 0.4) is 0 Å². The highest BCUT2D eigenvalue weighted by Gasteiger charge is 2.10. The van der Waals surface area contributed by atoms with E-state index >= 15 is 0 Å². The van der Waals surface area contributed by atoms with Crippen molar-refractivity contribution in [1.29, 1.82) is 0 Å². The predicted molar refractivity (Wildman–Crippen MR) is 97.0 cm³/mol. The first kappa shape index (κ1) is 19.6. The van der Waals surface area contributed by atoms with Crippen LogP contribution in [-0.2, 0) is 14.3 Å². The van der Waals surface area contributed by atoms with Crippen LogP contribution in [0, 0.1) is 0 Å². The summed E-state index contributed by atoms with van der Waals surface area (Å²) >= 11 is 5.11. The third-order valence-corrected chi connectivity index (χ3v) is 2.93. The van der Waals surface area contributed by atoms with Crippen molar-refractivity contribution in [2.24, 2.45) is 0 Å². The van der Waals surface area contributed by atoms with Crippen molar-refractivity contribution in [3.63, 3.8) is 0 Å². The fourth-order valence-electron chi connectivity index (χ4n) is 1.69. The molecule has 130 valence electrons. The molecule has 0 bridgehead atoms. The van der Waals surface area contributed by atoms with Gasteiger partial charge in [0.2, 0.25) is 5.91 Å². The smallest absolute Gasteiger partial charge is 0.306 e. The molecule has 2 N–H and O–H groups in total. The first-order chi connectivity index (χ1) is 11.4. The van der Waals surface area contributed by atoms with E-state index in [4.69, 9.17) is 21.7 Å². The lowest BCUT2D eigenvalue weighted by atomic mass is 10.3. The van der Waals surface area contributed by atoms with Crippen molar-refractivity contribution < 1.29 is 19.1 Å². The van der Waals surface area contributed by atoms with Crippen molar-refractivity contribution in [3.8, 4) is 5.75 Å². The van der Waals surface area contributed by atoms with E-state index < -0.39 is 5.97 Å². The normalized spacial score (nSPS) is 9.75. The van der Waals surface area contributed by atoms with Gasteiger partial charge in [-0.25, -0.2) is 0 Å². The predicted octanol–water partition coefficient (Wildman–Crippen LogP) is 2.80. The van der Waals surface area contributed by atoms with E-state index in [1.54, 1.807) is 19.1 Å². The maximum absolute atomic E-state index is 11.8. The van der Waals surface area contributed by atoms with Gasteiger partial charge in [-0.3, -0.25) is 9.59 Å². The fraction of sp³-hybridized carbons (Fsp3) is 0.353. The Hall–Kier alpha value is -2.41. The topological polar surface area (TPSA) is 76.7 Å². The van der Waals surface area contributed by atoms with Gasteiger partial charge in [0, 0.05) is 6.42 Å². The molecule has 0 heterocycles. The number of thiocarbonyl (C=S) groups is 1. The Morgan fingerprint density at radius 1 is 1.25 bits per heavy atom. The number of nitrogens with one attached hydrogen (secondary N) is 2. The zero-order chi connectivity index (χ0) is 17.9. The molecule has 0 saturated carbocycles. The average molecular weight is 350 g/mol. The van der Waals surface area contributed by atoms with E-state index in [0.717, 1.165) is 5.57 Å². The summed E-state index contributed by atoms with van der Waals surface area (Å²) in [6.45, 7) is 8.04. The van der Waals surface area contributed by atoms with Crippen molar-refractivity contribution in [1.82, 2.24) is 5.32 Å². The van der Waals surface area contributed by atoms with E-state index in [1.807, 2.05) is 19.1 Å². The van der Waals surface area contributed by atoms with Gasteiger partial charge >= 0.3 is 5.97 Å². The first-order valence-electron chi connectivity index (χ1n) is 7.55. The number of amides is 1. The molecule has 0 atom stereocenters. The standard InChI is InChI=1S/C17H22N2O4S/c1-4-22-16(21)10-9-15(20)19-17(24)18-13-7-5-6-8-14(13)23-11-12(2)3/h5-8H,2,4,9-11H2,1,3H3,(H2,18,19,20,24). The minimum Gasteiger partial charge on any atom is -0.487 e. The van der Waals surface area contributed by atoms with Gasteiger partial charge in [0.05, 0.1) is 18.7 Å². The van der Waals surface area contributed by atoms with E-state index in [-0.39, 0.29) is 23.9 Å². The van der Waals surface area contributed by atoms with Gasteiger partial charge in [0.25, 0.3) is 0 Å². The number of carbonyl (C=O) groups is 2. The Morgan fingerprint density at radius 2 is 1.96 bits per heavy atom. The van der Waals surface area contributed by atoms with Crippen LogP contribution < -0.4 is 15.4 Å². The van der Waals surface area contributed by atoms with Gasteiger partial charge in [0.1, 0.15) is 12.4 Å². The molecule has 0 fully saturated rings. The van der Waals surface area contributed by atoms with Gasteiger partial charge in [-0.2, -0.15) is 0 Å². The van der Waals surface area contributed by atoms with Crippen LogP contribution in [0.4, 0.5) is 5.69 Å². The number of para-hydroxylation sites is 2. The molecule has 0 spiro atoms. The number of rotatable bonds is 8. The Kier molecular flexibility index (Phi) is 8.49. The quantitative estimate of drug-likeness (QED) is 0.426. The molecule has 24 heavy (non-hydrogen) atoms. The monoisotopic (exact) mass is 350 g/mol. The zero-order valence-electron chi connectivity index (χ0n) is 13.9. The number of anilines is 1. The lowest BCUT2D eigenvalue weighted by Crippen LogP contribution is -2.34. The van der Waals surface area contributed by atoms with Crippen LogP contribution in [0.5, 0.6) is 5.75 Å². The minimum absolute atomic E-state index is 0.00839. The Bertz CT molecular complexity index is 616. The largest absolute Gasteiger partial charge is 0.487 e. The summed E-state index contributed by atoms with van der Waals surface area (Å²) in [5, 5.41) is 5.56. The zero-order valence-corrected chi connectivity index (χ0v) is 14.7. The van der Waals surface area contributed by atoms with Crippen LogP contribution in [0.25, 0.3) is 0 Å². The molecule has 1 amide bonds. The van der Waals surface area contributed by atoms with Crippen molar-refractivity contribution >= 4 is 34.9 Å². The summed E-state index contributed by atoms with van der Waals surface area (Å²) in [5.74, 6) is -0.172. The first-order valence-corrected chi connectivity index (χ1v) is 7.95. The highest BCUT2D eigenvalue weighted by atomic mass is 32.1. The highest BCUT2D eigenvalue weighted by molar-refractivity contribution is 7.80. The summed E-state index contributed by atoms with van der Waals surface area (Å²) in [6.07, 6.45) is 0.0229. The van der Waals surface area contributed by atoms with Gasteiger partial charge in [-0.1, -0.05) is 18.7 Å². The van der Waals surface area contributed by atoms with E-state index in [2.05, 4.69) is 17.2 Å². The second-order valence-electron chi connectivity index (χ2n) is 5.05. The lowest BCUT2D eigenvalue weighted by molar-refractivity contribution is -0.144. The van der Waals surface area contributed by atoms with Crippen LogP contribution >= 0.6 is 12.2 Å². The molecule has 0 aliphatic rings. The molecule has 7 heteroatoms. The highest BCUT2D eigenvalue weighted by Crippen LogP contribution is 2.24. The Morgan fingerprint density at radius 3 is 2.62 bits per heavy atom.